The monoisotopic (exact) mass is 283 g/mol. The molecule has 0 aliphatic heterocycles. The quantitative estimate of drug-likeness (QED) is 0.886. The molecule has 2 aromatic carbocycles. The van der Waals surface area contributed by atoms with E-state index in [9.17, 15) is 9.90 Å². The van der Waals surface area contributed by atoms with Crippen molar-refractivity contribution in [1.82, 2.24) is 4.90 Å². The standard InChI is InChI=1S/C18H21NO2/c1-19(2)18(17(20)21,13-15-9-5-3-6-10-15)14-16-11-7-4-8-12-16/h3-12H,13-14H2,1-2H3,(H,20,21). The first-order chi connectivity index (χ1) is 10.0. The van der Waals surface area contributed by atoms with Gasteiger partial charge < -0.3 is 5.11 Å². The lowest BCUT2D eigenvalue weighted by molar-refractivity contribution is -0.150. The highest BCUT2D eigenvalue weighted by molar-refractivity contribution is 5.79. The zero-order valence-electron chi connectivity index (χ0n) is 12.5. The summed E-state index contributed by atoms with van der Waals surface area (Å²) in [7, 11) is 3.67. The van der Waals surface area contributed by atoms with Crippen LogP contribution in [0.3, 0.4) is 0 Å². The Balaban J connectivity index is 2.36. The van der Waals surface area contributed by atoms with Gasteiger partial charge >= 0.3 is 5.97 Å². The average Bonchev–Trinajstić information content (AvgIpc) is 2.48. The molecular formula is C18H21NO2. The molecule has 2 rings (SSSR count). The molecule has 21 heavy (non-hydrogen) atoms. The van der Waals surface area contributed by atoms with Crippen LogP contribution >= 0.6 is 0 Å². The van der Waals surface area contributed by atoms with Gasteiger partial charge in [0.05, 0.1) is 0 Å². The minimum Gasteiger partial charge on any atom is -0.480 e. The molecule has 0 radical (unpaired) electrons. The lowest BCUT2D eigenvalue weighted by atomic mass is 9.83. The Hall–Kier alpha value is -2.13. The van der Waals surface area contributed by atoms with Crippen LogP contribution in [0, 0.1) is 0 Å². The number of carbonyl (C=O) groups is 1. The van der Waals surface area contributed by atoms with Crippen molar-refractivity contribution in [3.8, 4) is 0 Å². The molecule has 0 unspecified atom stereocenters. The predicted octanol–water partition coefficient (Wildman–Crippen LogP) is 2.86. The van der Waals surface area contributed by atoms with Gasteiger partial charge in [0.15, 0.2) is 0 Å². The van der Waals surface area contributed by atoms with E-state index < -0.39 is 11.5 Å². The minimum absolute atomic E-state index is 0.477. The van der Waals surface area contributed by atoms with Crippen molar-refractivity contribution in [3.05, 3.63) is 71.8 Å². The molecule has 0 bridgehead atoms. The lowest BCUT2D eigenvalue weighted by Gasteiger charge is -2.36. The summed E-state index contributed by atoms with van der Waals surface area (Å²) in [6.45, 7) is 0. The Bertz CT molecular complexity index is 537. The summed E-state index contributed by atoms with van der Waals surface area (Å²) < 4.78 is 0. The van der Waals surface area contributed by atoms with E-state index in [4.69, 9.17) is 0 Å². The molecule has 1 N–H and O–H groups in total. The predicted molar refractivity (Wildman–Crippen MR) is 84.3 cm³/mol. The zero-order valence-corrected chi connectivity index (χ0v) is 12.5. The summed E-state index contributed by atoms with van der Waals surface area (Å²) in [5, 5.41) is 9.88. The smallest absolute Gasteiger partial charge is 0.324 e. The van der Waals surface area contributed by atoms with Gasteiger partial charge in [0.25, 0.3) is 0 Å². The molecule has 2 aromatic rings. The Kier molecular flexibility index (Phi) is 4.76. The molecule has 0 aliphatic rings. The molecule has 0 saturated heterocycles. The number of likely N-dealkylation sites (N-methyl/N-ethyl adjacent to an activating group) is 1. The Morgan fingerprint density at radius 1 is 0.905 bits per heavy atom. The second kappa shape index (κ2) is 6.55. The maximum Gasteiger partial charge on any atom is 0.324 e. The van der Waals surface area contributed by atoms with E-state index in [-0.39, 0.29) is 0 Å². The number of rotatable bonds is 6. The minimum atomic E-state index is -0.942. The summed E-state index contributed by atoms with van der Waals surface area (Å²) in [4.78, 5) is 13.8. The molecule has 0 atom stereocenters. The molecular weight excluding hydrogens is 262 g/mol. The number of carboxylic acid groups (broad SMARTS) is 1. The average molecular weight is 283 g/mol. The van der Waals surface area contributed by atoms with Gasteiger partial charge in [-0.05, 0) is 25.2 Å². The number of nitrogens with zero attached hydrogens (tertiary/aromatic N) is 1. The van der Waals surface area contributed by atoms with Crippen LogP contribution in [0.1, 0.15) is 11.1 Å². The first-order valence-electron chi connectivity index (χ1n) is 7.03. The molecule has 3 nitrogen and oxygen atoms in total. The van der Waals surface area contributed by atoms with Crippen molar-refractivity contribution in [2.75, 3.05) is 14.1 Å². The van der Waals surface area contributed by atoms with Crippen molar-refractivity contribution in [1.29, 1.82) is 0 Å². The second-order valence-corrected chi connectivity index (χ2v) is 5.56. The molecule has 0 spiro atoms. The van der Waals surface area contributed by atoms with Crippen molar-refractivity contribution in [2.45, 2.75) is 18.4 Å². The number of hydrogen-bond acceptors (Lipinski definition) is 2. The van der Waals surface area contributed by atoms with E-state index in [1.54, 1.807) is 0 Å². The van der Waals surface area contributed by atoms with Gasteiger partial charge in [-0.3, -0.25) is 9.69 Å². The normalized spacial score (nSPS) is 11.6. The van der Waals surface area contributed by atoms with Gasteiger partial charge in [-0.25, -0.2) is 0 Å². The maximum absolute atomic E-state index is 12.0. The van der Waals surface area contributed by atoms with Crippen LogP contribution in [0.4, 0.5) is 0 Å². The van der Waals surface area contributed by atoms with Gasteiger partial charge in [0, 0.05) is 12.8 Å². The fourth-order valence-corrected chi connectivity index (χ4v) is 2.59. The van der Waals surface area contributed by atoms with Gasteiger partial charge in [-0.1, -0.05) is 60.7 Å². The first-order valence-corrected chi connectivity index (χ1v) is 7.03. The van der Waals surface area contributed by atoms with Crippen molar-refractivity contribution in [3.63, 3.8) is 0 Å². The highest BCUT2D eigenvalue weighted by Crippen LogP contribution is 2.24. The molecule has 0 saturated carbocycles. The summed E-state index contributed by atoms with van der Waals surface area (Å²) in [6, 6.07) is 19.6. The van der Waals surface area contributed by atoms with Gasteiger partial charge in [0.2, 0.25) is 0 Å². The van der Waals surface area contributed by atoms with Crippen LogP contribution in [0.2, 0.25) is 0 Å². The van der Waals surface area contributed by atoms with Gasteiger partial charge in [-0.15, -0.1) is 0 Å². The third-order valence-electron chi connectivity index (χ3n) is 3.93. The van der Waals surface area contributed by atoms with Gasteiger partial charge in [-0.2, -0.15) is 0 Å². The van der Waals surface area contributed by atoms with E-state index in [0.29, 0.717) is 12.8 Å². The topological polar surface area (TPSA) is 40.5 Å². The number of carboxylic acids is 1. The SMILES string of the molecule is CN(C)C(Cc1ccccc1)(Cc1ccccc1)C(=O)O. The molecule has 110 valence electrons. The number of hydrogen-bond donors (Lipinski definition) is 1. The van der Waals surface area contributed by atoms with Crippen LogP contribution in [0.15, 0.2) is 60.7 Å². The van der Waals surface area contributed by atoms with Crippen molar-refractivity contribution in [2.24, 2.45) is 0 Å². The van der Waals surface area contributed by atoms with Crippen LogP contribution in [0.5, 0.6) is 0 Å². The number of aliphatic carboxylic acids is 1. The molecule has 0 amide bonds. The highest BCUT2D eigenvalue weighted by Gasteiger charge is 2.41. The van der Waals surface area contributed by atoms with Crippen molar-refractivity contribution < 1.29 is 9.90 Å². The summed E-state index contributed by atoms with van der Waals surface area (Å²) in [5.74, 6) is -0.791. The summed E-state index contributed by atoms with van der Waals surface area (Å²) >= 11 is 0. The van der Waals surface area contributed by atoms with Crippen LogP contribution in [-0.4, -0.2) is 35.6 Å². The maximum atomic E-state index is 12.0. The highest BCUT2D eigenvalue weighted by atomic mass is 16.4. The van der Waals surface area contributed by atoms with Crippen LogP contribution < -0.4 is 0 Å². The first kappa shape index (κ1) is 15.3. The summed E-state index contributed by atoms with van der Waals surface area (Å²) in [5.41, 5.74) is 1.12. The lowest BCUT2D eigenvalue weighted by Crippen LogP contribution is -2.54. The number of benzene rings is 2. The van der Waals surface area contributed by atoms with Crippen LogP contribution in [0.25, 0.3) is 0 Å². The van der Waals surface area contributed by atoms with Crippen molar-refractivity contribution >= 4 is 5.97 Å². The molecule has 0 aromatic heterocycles. The zero-order chi connectivity index (χ0) is 15.3. The van der Waals surface area contributed by atoms with E-state index in [0.717, 1.165) is 11.1 Å². The molecule has 0 aliphatic carbocycles. The largest absolute Gasteiger partial charge is 0.480 e. The second-order valence-electron chi connectivity index (χ2n) is 5.56. The van der Waals surface area contributed by atoms with E-state index in [1.807, 2.05) is 79.7 Å². The fraction of sp³-hybridized carbons (Fsp3) is 0.278. The van der Waals surface area contributed by atoms with E-state index in [1.165, 1.54) is 0 Å². The van der Waals surface area contributed by atoms with Gasteiger partial charge in [0.1, 0.15) is 5.54 Å². The molecule has 0 heterocycles. The van der Waals surface area contributed by atoms with E-state index >= 15 is 0 Å². The Morgan fingerprint density at radius 2 is 1.29 bits per heavy atom. The third kappa shape index (κ3) is 3.50. The van der Waals surface area contributed by atoms with Crippen LogP contribution in [-0.2, 0) is 17.6 Å². The third-order valence-corrected chi connectivity index (χ3v) is 3.93. The molecule has 3 heteroatoms. The fourth-order valence-electron chi connectivity index (χ4n) is 2.59. The summed E-state index contributed by atoms with van der Waals surface area (Å²) in [6.07, 6.45) is 0.954. The Morgan fingerprint density at radius 3 is 1.57 bits per heavy atom. The Labute approximate surface area is 125 Å². The molecule has 0 fully saturated rings. The van der Waals surface area contributed by atoms with E-state index in [2.05, 4.69) is 0 Å².